The van der Waals surface area contributed by atoms with E-state index in [1.54, 1.807) is 0 Å². The van der Waals surface area contributed by atoms with Gasteiger partial charge in [-0.2, -0.15) is 0 Å². The Balaban J connectivity index is 2.01. The molecule has 5 heteroatoms. The van der Waals surface area contributed by atoms with E-state index in [0.717, 1.165) is 42.5 Å². The van der Waals surface area contributed by atoms with E-state index in [-0.39, 0.29) is 12.2 Å². The molecule has 1 saturated heterocycles. The van der Waals surface area contributed by atoms with Crippen molar-refractivity contribution in [2.24, 2.45) is 0 Å². The van der Waals surface area contributed by atoms with E-state index in [0.29, 0.717) is 12.5 Å². The lowest BCUT2D eigenvalue weighted by Gasteiger charge is -2.31. The van der Waals surface area contributed by atoms with Gasteiger partial charge in [-0.05, 0) is 43.1 Å². The Labute approximate surface area is 164 Å². The van der Waals surface area contributed by atoms with Crippen LogP contribution in [-0.4, -0.2) is 54.3 Å². The summed E-state index contributed by atoms with van der Waals surface area (Å²) in [5, 5.41) is 9.70. The van der Waals surface area contributed by atoms with Gasteiger partial charge in [0.25, 0.3) is 0 Å². The maximum atomic E-state index is 9.70. The summed E-state index contributed by atoms with van der Waals surface area (Å²) >= 11 is 9.31. The van der Waals surface area contributed by atoms with Gasteiger partial charge in [-0.25, -0.2) is 0 Å². The lowest BCUT2D eigenvalue weighted by Crippen LogP contribution is -2.38. The number of allylic oxidation sites excluding steroid dienone is 6. The summed E-state index contributed by atoms with van der Waals surface area (Å²) in [7, 11) is 0. The van der Waals surface area contributed by atoms with Crippen molar-refractivity contribution in [2.45, 2.75) is 32.0 Å². The topological polar surface area (TPSA) is 32.7 Å². The maximum Gasteiger partial charge on any atom is 0.0990 e. The summed E-state index contributed by atoms with van der Waals surface area (Å²) in [6.07, 6.45) is 15.8. The second-order valence-electron chi connectivity index (χ2n) is 6.31. The fourth-order valence-corrected chi connectivity index (χ4v) is 3.46. The lowest BCUT2D eigenvalue weighted by atomic mass is 10.0. The molecule has 1 fully saturated rings. The summed E-state index contributed by atoms with van der Waals surface area (Å²) in [6, 6.07) is 0. The van der Waals surface area contributed by atoms with E-state index in [9.17, 15) is 5.11 Å². The summed E-state index contributed by atoms with van der Waals surface area (Å²) in [5.41, 5.74) is 2.34. The SMILES string of the molecule is C/C=C(\C=C/CCl)COC1C=CC=C(Br)C=C1CN1CCC(O)CC1. The predicted molar refractivity (Wildman–Crippen MR) is 109 cm³/mol. The number of nitrogens with zero attached hydrogens (tertiary/aromatic N) is 1. The Bertz CT molecular complexity index is 572. The summed E-state index contributed by atoms with van der Waals surface area (Å²) in [6.45, 7) is 5.26. The van der Waals surface area contributed by atoms with Crippen LogP contribution < -0.4 is 0 Å². The fraction of sp³-hybridized carbons (Fsp3) is 0.500. The van der Waals surface area contributed by atoms with Crippen molar-refractivity contribution in [1.82, 2.24) is 4.90 Å². The third-order valence-corrected chi connectivity index (χ3v) is 5.09. The Hall–Kier alpha value is -0.650. The van der Waals surface area contributed by atoms with Gasteiger partial charge in [0.1, 0.15) is 0 Å². The molecular formula is C20H27BrClNO2. The summed E-state index contributed by atoms with van der Waals surface area (Å²) in [5.74, 6) is 0.503. The first kappa shape index (κ1) is 20.7. The zero-order valence-electron chi connectivity index (χ0n) is 14.7. The molecule has 0 aromatic carbocycles. The first-order chi connectivity index (χ1) is 12.1. The summed E-state index contributed by atoms with van der Waals surface area (Å²) in [4.78, 5) is 2.39. The molecule has 0 saturated carbocycles. The number of rotatable bonds is 7. The molecule has 1 N–H and O–H groups in total. The van der Waals surface area contributed by atoms with Crippen molar-refractivity contribution < 1.29 is 9.84 Å². The van der Waals surface area contributed by atoms with Crippen LogP contribution in [0.15, 0.2) is 58.2 Å². The van der Waals surface area contributed by atoms with E-state index in [4.69, 9.17) is 16.3 Å². The number of halogens is 2. The molecule has 3 nitrogen and oxygen atoms in total. The van der Waals surface area contributed by atoms with E-state index < -0.39 is 0 Å². The molecule has 0 amide bonds. The number of likely N-dealkylation sites (tertiary alicyclic amines) is 1. The number of hydrogen-bond acceptors (Lipinski definition) is 3. The van der Waals surface area contributed by atoms with Crippen molar-refractivity contribution in [1.29, 1.82) is 0 Å². The molecule has 0 bridgehead atoms. The number of aliphatic hydroxyl groups excluding tert-OH is 1. The fourth-order valence-electron chi connectivity index (χ4n) is 2.92. The van der Waals surface area contributed by atoms with E-state index >= 15 is 0 Å². The average Bonchev–Trinajstić information content (AvgIpc) is 2.78. The van der Waals surface area contributed by atoms with Crippen LogP contribution in [0.4, 0.5) is 0 Å². The Morgan fingerprint density at radius 3 is 2.88 bits per heavy atom. The van der Waals surface area contributed by atoms with Crippen molar-refractivity contribution >= 4 is 27.5 Å². The normalized spacial score (nSPS) is 23.7. The molecule has 1 heterocycles. The monoisotopic (exact) mass is 427 g/mol. The van der Waals surface area contributed by atoms with E-state index in [1.807, 2.05) is 37.3 Å². The molecule has 0 spiro atoms. The third kappa shape index (κ3) is 7.24. The molecule has 1 aliphatic carbocycles. The van der Waals surface area contributed by atoms with Gasteiger partial charge < -0.3 is 9.84 Å². The Kier molecular flexibility index (Phi) is 9.21. The molecule has 0 aromatic heterocycles. The van der Waals surface area contributed by atoms with Crippen molar-refractivity contribution in [3.63, 3.8) is 0 Å². The molecule has 1 atom stereocenters. The van der Waals surface area contributed by atoms with Crippen molar-refractivity contribution in [3.05, 3.63) is 58.2 Å². The Morgan fingerprint density at radius 1 is 1.44 bits per heavy atom. The quantitative estimate of drug-likeness (QED) is 0.483. The third-order valence-electron chi connectivity index (χ3n) is 4.41. The van der Waals surface area contributed by atoms with Crippen LogP contribution in [0.2, 0.25) is 0 Å². The molecule has 1 aliphatic heterocycles. The van der Waals surface area contributed by atoms with Gasteiger partial charge >= 0.3 is 0 Å². The second kappa shape index (κ2) is 11.1. The number of alkyl halides is 1. The highest BCUT2D eigenvalue weighted by Crippen LogP contribution is 2.22. The molecule has 0 aromatic rings. The maximum absolute atomic E-state index is 9.70. The molecule has 2 rings (SSSR count). The lowest BCUT2D eigenvalue weighted by molar-refractivity contribution is 0.0793. The minimum Gasteiger partial charge on any atom is -0.393 e. The van der Waals surface area contributed by atoms with Gasteiger partial charge in [0.15, 0.2) is 0 Å². The van der Waals surface area contributed by atoms with Crippen LogP contribution in [0.5, 0.6) is 0 Å². The van der Waals surface area contributed by atoms with E-state index in [2.05, 4.69) is 33.0 Å². The van der Waals surface area contributed by atoms with Crippen molar-refractivity contribution in [3.8, 4) is 0 Å². The molecule has 0 radical (unpaired) electrons. The van der Waals surface area contributed by atoms with Crippen LogP contribution in [0.25, 0.3) is 0 Å². The largest absolute Gasteiger partial charge is 0.393 e. The van der Waals surface area contributed by atoms with Crippen LogP contribution in [0.1, 0.15) is 19.8 Å². The summed E-state index contributed by atoms with van der Waals surface area (Å²) < 4.78 is 7.24. The average molecular weight is 429 g/mol. The van der Waals surface area contributed by atoms with Gasteiger partial charge in [0.05, 0.1) is 18.8 Å². The smallest absolute Gasteiger partial charge is 0.0990 e. The van der Waals surface area contributed by atoms with Crippen LogP contribution in [-0.2, 0) is 4.74 Å². The van der Waals surface area contributed by atoms with Crippen molar-refractivity contribution in [2.75, 3.05) is 32.1 Å². The number of hydrogen-bond donors (Lipinski definition) is 1. The first-order valence-electron chi connectivity index (χ1n) is 8.76. The highest BCUT2D eigenvalue weighted by Gasteiger charge is 2.21. The van der Waals surface area contributed by atoms with Gasteiger partial charge in [0, 0.05) is 30.0 Å². The number of aliphatic hydroxyl groups is 1. The molecule has 2 aliphatic rings. The highest BCUT2D eigenvalue weighted by atomic mass is 79.9. The molecular weight excluding hydrogens is 402 g/mol. The predicted octanol–water partition coefficient (Wildman–Crippen LogP) is 4.34. The Morgan fingerprint density at radius 2 is 2.20 bits per heavy atom. The minimum atomic E-state index is -0.149. The molecule has 25 heavy (non-hydrogen) atoms. The van der Waals surface area contributed by atoms with Gasteiger partial charge in [-0.3, -0.25) is 4.90 Å². The van der Waals surface area contributed by atoms with Gasteiger partial charge in [0.2, 0.25) is 0 Å². The number of piperidine rings is 1. The van der Waals surface area contributed by atoms with E-state index in [1.165, 1.54) is 5.57 Å². The minimum absolute atomic E-state index is 0.0579. The molecule has 1 unspecified atom stereocenters. The van der Waals surface area contributed by atoms with Crippen LogP contribution >= 0.6 is 27.5 Å². The molecule has 138 valence electrons. The number of ether oxygens (including phenoxy) is 1. The van der Waals surface area contributed by atoms with Gasteiger partial charge in [-0.1, -0.05) is 46.3 Å². The highest BCUT2D eigenvalue weighted by molar-refractivity contribution is 9.11. The standard InChI is InChI=1S/C20H27BrClNO2/c1-2-16(5-4-10-22)15-25-20-7-3-6-18(21)13-17(20)14-23-11-8-19(24)9-12-23/h2-7,13,19-20,24H,8-12,14-15H2,1H3/b5-4-,16-2+. The van der Waals surface area contributed by atoms with Crippen LogP contribution in [0, 0.1) is 0 Å². The zero-order chi connectivity index (χ0) is 18.1. The first-order valence-corrected chi connectivity index (χ1v) is 10.1. The van der Waals surface area contributed by atoms with Gasteiger partial charge in [-0.15, -0.1) is 11.6 Å². The van der Waals surface area contributed by atoms with Crippen LogP contribution in [0.3, 0.4) is 0 Å². The second-order valence-corrected chi connectivity index (χ2v) is 7.54. The zero-order valence-corrected chi connectivity index (χ0v) is 17.0.